The lowest BCUT2D eigenvalue weighted by Crippen LogP contribution is -2.47. The van der Waals surface area contributed by atoms with Crippen LogP contribution in [-0.4, -0.2) is 42.6 Å². The number of piperidine rings is 1. The maximum atomic E-state index is 11.9. The van der Waals surface area contributed by atoms with Gasteiger partial charge in [0.25, 0.3) is 0 Å². The molecule has 0 aromatic carbocycles. The summed E-state index contributed by atoms with van der Waals surface area (Å²) in [6.45, 7) is 7.67. The predicted molar refractivity (Wildman–Crippen MR) is 82.8 cm³/mol. The Morgan fingerprint density at radius 2 is 1.90 bits per heavy atom. The molecule has 0 aromatic heterocycles. The van der Waals surface area contributed by atoms with Crippen LogP contribution < -0.4 is 10.6 Å². The van der Waals surface area contributed by atoms with Crippen molar-refractivity contribution < 1.29 is 4.79 Å². The van der Waals surface area contributed by atoms with Gasteiger partial charge in [-0.15, -0.1) is 0 Å². The Labute approximate surface area is 123 Å². The molecular formula is C16H31N3O. The lowest BCUT2D eigenvalue weighted by atomic mass is 9.95. The van der Waals surface area contributed by atoms with Crippen molar-refractivity contribution in [2.75, 3.05) is 19.6 Å². The lowest BCUT2D eigenvalue weighted by molar-refractivity contribution is 0.139. The highest BCUT2D eigenvalue weighted by Gasteiger charge is 2.22. The molecule has 2 aliphatic rings. The normalized spacial score (nSPS) is 25.6. The smallest absolute Gasteiger partial charge is 0.315 e. The Bertz CT molecular complexity index is 300. The second-order valence-electron chi connectivity index (χ2n) is 6.79. The zero-order valence-corrected chi connectivity index (χ0v) is 13.2. The van der Waals surface area contributed by atoms with E-state index in [2.05, 4.69) is 29.4 Å². The first-order valence-electron chi connectivity index (χ1n) is 8.43. The summed E-state index contributed by atoms with van der Waals surface area (Å²) in [7, 11) is 0. The summed E-state index contributed by atoms with van der Waals surface area (Å²) in [4.78, 5) is 14.5. The Morgan fingerprint density at radius 1 is 1.15 bits per heavy atom. The van der Waals surface area contributed by atoms with Gasteiger partial charge in [0.05, 0.1) is 0 Å². The van der Waals surface area contributed by atoms with E-state index in [1.807, 2.05) is 0 Å². The van der Waals surface area contributed by atoms with E-state index >= 15 is 0 Å². The second-order valence-corrected chi connectivity index (χ2v) is 6.79. The number of likely N-dealkylation sites (tertiary alicyclic amines) is 1. The van der Waals surface area contributed by atoms with Gasteiger partial charge in [0.2, 0.25) is 0 Å². The number of amides is 2. The molecule has 0 spiro atoms. The summed E-state index contributed by atoms with van der Waals surface area (Å²) in [5, 5.41) is 6.21. The van der Waals surface area contributed by atoms with E-state index in [-0.39, 0.29) is 6.03 Å². The molecule has 1 saturated heterocycles. The number of hydrogen-bond donors (Lipinski definition) is 2. The quantitative estimate of drug-likeness (QED) is 0.832. The number of carbonyl (C=O) groups excluding carboxylic acids is 1. The number of urea groups is 1. The summed E-state index contributed by atoms with van der Waals surface area (Å²) in [6, 6.07) is 1.06. The summed E-state index contributed by atoms with van der Waals surface area (Å²) in [6.07, 6.45) is 8.65. The molecule has 4 nitrogen and oxygen atoms in total. The molecule has 2 rings (SSSR count). The van der Waals surface area contributed by atoms with Crippen molar-refractivity contribution >= 4 is 6.03 Å². The van der Waals surface area contributed by atoms with E-state index in [1.165, 1.54) is 38.6 Å². The van der Waals surface area contributed by atoms with Crippen molar-refractivity contribution in [3.8, 4) is 0 Å². The number of hydrogen-bond acceptors (Lipinski definition) is 2. The molecule has 1 aliphatic heterocycles. The third-order valence-corrected chi connectivity index (χ3v) is 4.77. The van der Waals surface area contributed by atoms with Gasteiger partial charge in [0.15, 0.2) is 0 Å². The molecule has 1 unspecified atom stereocenters. The number of nitrogens with zero attached hydrogens (tertiary/aromatic N) is 1. The first-order chi connectivity index (χ1) is 9.65. The average Bonchev–Trinajstić information content (AvgIpc) is 2.46. The minimum atomic E-state index is 0.0403. The molecule has 1 atom stereocenters. The minimum Gasteiger partial charge on any atom is -0.338 e. The van der Waals surface area contributed by atoms with Gasteiger partial charge in [-0.25, -0.2) is 4.79 Å². The van der Waals surface area contributed by atoms with Gasteiger partial charge < -0.3 is 15.5 Å². The minimum absolute atomic E-state index is 0.0403. The number of carbonyl (C=O) groups is 1. The Hall–Kier alpha value is -0.770. The highest BCUT2D eigenvalue weighted by atomic mass is 16.2. The fraction of sp³-hybridized carbons (Fsp3) is 0.938. The first-order valence-corrected chi connectivity index (χ1v) is 8.43. The molecule has 4 heteroatoms. The Balaban J connectivity index is 1.64. The van der Waals surface area contributed by atoms with E-state index in [1.54, 1.807) is 0 Å². The molecule has 2 N–H and O–H groups in total. The van der Waals surface area contributed by atoms with Crippen molar-refractivity contribution in [3.05, 3.63) is 0 Å². The summed E-state index contributed by atoms with van der Waals surface area (Å²) in [5.41, 5.74) is 0. The van der Waals surface area contributed by atoms with E-state index in [0.717, 1.165) is 25.9 Å². The van der Waals surface area contributed by atoms with E-state index in [0.29, 0.717) is 18.0 Å². The van der Waals surface area contributed by atoms with Gasteiger partial charge in [-0.05, 0) is 52.0 Å². The lowest BCUT2D eigenvalue weighted by Gasteiger charge is -2.35. The molecule has 0 bridgehead atoms. The Kier molecular flexibility index (Phi) is 6.14. The first kappa shape index (κ1) is 15.6. The van der Waals surface area contributed by atoms with Crippen LogP contribution in [0.5, 0.6) is 0 Å². The Morgan fingerprint density at radius 3 is 2.60 bits per heavy atom. The van der Waals surface area contributed by atoms with Crippen molar-refractivity contribution in [3.63, 3.8) is 0 Å². The van der Waals surface area contributed by atoms with Gasteiger partial charge in [0.1, 0.15) is 0 Å². The van der Waals surface area contributed by atoms with Crippen LogP contribution in [-0.2, 0) is 0 Å². The van der Waals surface area contributed by atoms with Crippen LogP contribution in [0.15, 0.2) is 0 Å². The van der Waals surface area contributed by atoms with Crippen LogP contribution in [0.1, 0.15) is 58.8 Å². The van der Waals surface area contributed by atoms with E-state index < -0.39 is 0 Å². The fourth-order valence-electron chi connectivity index (χ4n) is 3.45. The van der Waals surface area contributed by atoms with E-state index in [9.17, 15) is 4.79 Å². The molecular weight excluding hydrogens is 250 g/mol. The monoisotopic (exact) mass is 281 g/mol. The molecule has 20 heavy (non-hydrogen) atoms. The van der Waals surface area contributed by atoms with E-state index in [4.69, 9.17) is 0 Å². The molecule has 0 radical (unpaired) electrons. The van der Waals surface area contributed by atoms with Crippen LogP contribution in [0, 0.1) is 5.92 Å². The summed E-state index contributed by atoms with van der Waals surface area (Å²) < 4.78 is 0. The molecule has 0 aromatic rings. The van der Waals surface area contributed by atoms with Gasteiger partial charge in [0, 0.05) is 25.2 Å². The molecule has 1 heterocycles. The van der Waals surface area contributed by atoms with Crippen LogP contribution in [0.2, 0.25) is 0 Å². The van der Waals surface area contributed by atoms with Crippen molar-refractivity contribution in [2.45, 2.75) is 70.9 Å². The fourth-order valence-corrected chi connectivity index (χ4v) is 3.45. The number of rotatable bonds is 4. The highest BCUT2D eigenvalue weighted by Crippen LogP contribution is 2.18. The predicted octanol–water partition coefficient (Wildman–Crippen LogP) is 2.74. The SMILES string of the molecule is CC(C)N1CCCC(CNC(=O)NC2CCCCC2)C1. The summed E-state index contributed by atoms with van der Waals surface area (Å²) >= 11 is 0. The molecule has 1 saturated carbocycles. The third kappa shape index (κ3) is 4.97. The second kappa shape index (κ2) is 7.87. The molecule has 2 amide bonds. The maximum Gasteiger partial charge on any atom is 0.315 e. The van der Waals surface area contributed by atoms with Crippen LogP contribution in [0.3, 0.4) is 0 Å². The van der Waals surface area contributed by atoms with Crippen molar-refractivity contribution in [2.24, 2.45) is 5.92 Å². The largest absolute Gasteiger partial charge is 0.338 e. The standard InChI is InChI=1S/C16H31N3O/c1-13(2)19-10-6-7-14(12-19)11-17-16(20)18-15-8-4-3-5-9-15/h13-15H,3-12H2,1-2H3,(H2,17,18,20). The van der Waals surface area contributed by atoms with Gasteiger partial charge in [-0.2, -0.15) is 0 Å². The molecule has 116 valence electrons. The van der Waals surface area contributed by atoms with Crippen molar-refractivity contribution in [1.82, 2.24) is 15.5 Å². The van der Waals surface area contributed by atoms with Gasteiger partial charge >= 0.3 is 6.03 Å². The highest BCUT2D eigenvalue weighted by molar-refractivity contribution is 5.74. The van der Waals surface area contributed by atoms with Crippen LogP contribution in [0.4, 0.5) is 4.79 Å². The molecule has 1 aliphatic carbocycles. The molecule has 2 fully saturated rings. The van der Waals surface area contributed by atoms with Gasteiger partial charge in [-0.1, -0.05) is 19.3 Å². The van der Waals surface area contributed by atoms with Crippen molar-refractivity contribution in [1.29, 1.82) is 0 Å². The van der Waals surface area contributed by atoms with Gasteiger partial charge in [-0.3, -0.25) is 0 Å². The summed E-state index contributed by atoms with van der Waals surface area (Å²) in [5.74, 6) is 0.614. The zero-order valence-electron chi connectivity index (χ0n) is 13.2. The zero-order chi connectivity index (χ0) is 14.4. The maximum absolute atomic E-state index is 11.9. The van der Waals surface area contributed by atoms with Crippen LogP contribution >= 0.6 is 0 Å². The topological polar surface area (TPSA) is 44.4 Å². The van der Waals surface area contributed by atoms with Crippen LogP contribution in [0.25, 0.3) is 0 Å². The number of nitrogens with one attached hydrogen (secondary N) is 2. The average molecular weight is 281 g/mol. The third-order valence-electron chi connectivity index (χ3n) is 4.77.